The third-order valence-electron chi connectivity index (χ3n) is 6.03. The number of imidazole rings is 1. The Morgan fingerprint density at radius 2 is 1.60 bits per heavy atom. The first-order valence-corrected chi connectivity index (χ1v) is 11.3. The van der Waals surface area contributed by atoms with E-state index >= 15 is 0 Å². The highest BCUT2D eigenvalue weighted by Crippen LogP contribution is 2.38. The van der Waals surface area contributed by atoms with E-state index < -0.39 is 0 Å². The topological polar surface area (TPSA) is 38.1 Å². The largest absolute Gasteiger partial charge is 0.328 e. The Morgan fingerprint density at radius 1 is 0.900 bits per heavy atom. The third kappa shape index (κ3) is 3.41. The molecule has 0 atom stereocenters. The van der Waals surface area contributed by atoms with Gasteiger partial charge in [0.1, 0.15) is 5.82 Å². The molecule has 30 heavy (non-hydrogen) atoms. The van der Waals surface area contributed by atoms with Gasteiger partial charge in [-0.25, -0.2) is 4.98 Å². The summed E-state index contributed by atoms with van der Waals surface area (Å²) in [5, 5.41) is 1.71. The molecular formula is C23H20Cl3N3O. The molecule has 0 spiro atoms. The summed E-state index contributed by atoms with van der Waals surface area (Å²) in [6.07, 6.45) is 5.73. The zero-order valence-corrected chi connectivity index (χ0v) is 18.5. The number of benzene rings is 2. The number of carbonyl (C=O) groups excluding carboxylic acids is 1. The average Bonchev–Trinajstić information content (AvgIpc) is 3.26. The van der Waals surface area contributed by atoms with Gasteiger partial charge >= 0.3 is 0 Å². The summed E-state index contributed by atoms with van der Waals surface area (Å²) in [5.41, 5.74) is 3.04. The van der Waals surface area contributed by atoms with Crippen LogP contribution in [0, 0.1) is 0 Å². The van der Waals surface area contributed by atoms with Crippen LogP contribution in [0.4, 0.5) is 0 Å². The number of hydrogen-bond donors (Lipinski definition) is 0. The van der Waals surface area contributed by atoms with Gasteiger partial charge < -0.3 is 4.90 Å². The average molecular weight is 461 g/mol. The molecule has 1 saturated carbocycles. The van der Waals surface area contributed by atoms with Crippen LogP contribution in [0.5, 0.6) is 0 Å². The van der Waals surface area contributed by atoms with Crippen molar-refractivity contribution in [2.24, 2.45) is 0 Å². The molecule has 1 fully saturated rings. The number of rotatable bonds is 3. The lowest BCUT2D eigenvalue weighted by Gasteiger charge is -2.31. The zero-order valence-electron chi connectivity index (χ0n) is 16.2. The highest BCUT2D eigenvalue weighted by atomic mass is 35.5. The van der Waals surface area contributed by atoms with E-state index in [1.807, 2.05) is 39.8 Å². The number of halogens is 3. The summed E-state index contributed by atoms with van der Waals surface area (Å²) in [6, 6.07) is 13.2. The first-order valence-electron chi connectivity index (χ1n) is 10.2. The van der Waals surface area contributed by atoms with E-state index in [9.17, 15) is 4.79 Å². The maximum absolute atomic E-state index is 13.3. The van der Waals surface area contributed by atoms with Crippen LogP contribution in [0.15, 0.2) is 42.5 Å². The number of carbonyl (C=O) groups is 1. The van der Waals surface area contributed by atoms with Crippen LogP contribution in [0.2, 0.25) is 15.1 Å². The molecule has 0 saturated heterocycles. The number of nitrogens with zero attached hydrogens (tertiary/aromatic N) is 3. The van der Waals surface area contributed by atoms with Crippen molar-refractivity contribution >= 4 is 40.7 Å². The summed E-state index contributed by atoms with van der Waals surface area (Å²) < 4.78 is 2.03. The molecule has 1 aliphatic heterocycles. The van der Waals surface area contributed by atoms with Crippen LogP contribution < -0.4 is 0 Å². The Balaban J connectivity index is 1.64. The van der Waals surface area contributed by atoms with Crippen molar-refractivity contribution < 1.29 is 4.79 Å². The van der Waals surface area contributed by atoms with Gasteiger partial charge in [-0.2, -0.15) is 0 Å². The Labute approximate surface area is 190 Å². The molecule has 2 aromatic carbocycles. The molecule has 0 radical (unpaired) electrons. The Bertz CT molecular complexity index is 1120. The summed E-state index contributed by atoms with van der Waals surface area (Å²) in [5.74, 6) is 0.650. The van der Waals surface area contributed by atoms with Gasteiger partial charge in [0.25, 0.3) is 5.91 Å². The molecule has 3 aromatic rings. The quantitative estimate of drug-likeness (QED) is 0.431. The Morgan fingerprint density at radius 3 is 2.30 bits per heavy atom. The Hall–Kier alpha value is -2.01. The molecule has 1 aliphatic carbocycles. The van der Waals surface area contributed by atoms with E-state index in [-0.39, 0.29) is 5.91 Å². The fourth-order valence-corrected chi connectivity index (χ4v) is 5.17. The van der Waals surface area contributed by atoms with Crippen molar-refractivity contribution in [2.45, 2.75) is 44.7 Å². The van der Waals surface area contributed by atoms with Gasteiger partial charge in [0, 0.05) is 27.3 Å². The zero-order chi connectivity index (χ0) is 20.8. The maximum Gasteiger partial charge on any atom is 0.275 e. The van der Waals surface area contributed by atoms with Crippen molar-refractivity contribution in [3.8, 4) is 17.1 Å². The maximum atomic E-state index is 13.3. The predicted octanol–water partition coefficient (Wildman–Crippen LogP) is 6.79. The number of hydrogen-bond acceptors (Lipinski definition) is 2. The van der Waals surface area contributed by atoms with Crippen molar-refractivity contribution in [3.63, 3.8) is 0 Å². The van der Waals surface area contributed by atoms with Crippen LogP contribution in [-0.2, 0) is 6.54 Å². The van der Waals surface area contributed by atoms with Gasteiger partial charge in [0.15, 0.2) is 5.69 Å². The molecule has 154 valence electrons. The van der Waals surface area contributed by atoms with E-state index in [4.69, 9.17) is 39.8 Å². The minimum Gasteiger partial charge on any atom is -0.328 e. The van der Waals surface area contributed by atoms with E-state index in [1.54, 1.807) is 12.1 Å². The highest BCUT2D eigenvalue weighted by molar-refractivity contribution is 6.36. The molecule has 0 bridgehead atoms. The SMILES string of the molecule is O=C1c2nc(-c3ccc(Cl)cc3Cl)n(-c3ccc(Cl)cc3)c2CN1C1CCCCC1. The van der Waals surface area contributed by atoms with Crippen LogP contribution in [0.3, 0.4) is 0 Å². The molecule has 0 N–H and O–H groups in total. The smallest absolute Gasteiger partial charge is 0.275 e. The second-order valence-electron chi connectivity index (χ2n) is 7.89. The van der Waals surface area contributed by atoms with Crippen molar-refractivity contribution in [3.05, 3.63) is 68.9 Å². The molecule has 1 aromatic heterocycles. The summed E-state index contributed by atoms with van der Waals surface area (Å²) in [4.78, 5) is 20.1. The van der Waals surface area contributed by atoms with E-state index in [0.717, 1.165) is 29.8 Å². The van der Waals surface area contributed by atoms with Crippen LogP contribution in [0.25, 0.3) is 17.1 Å². The van der Waals surface area contributed by atoms with Gasteiger partial charge in [-0.3, -0.25) is 9.36 Å². The van der Waals surface area contributed by atoms with E-state index in [1.165, 1.54) is 19.3 Å². The molecule has 2 heterocycles. The molecular weight excluding hydrogens is 441 g/mol. The van der Waals surface area contributed by atoms with Gasteiger partial charge in [-0.15, -0.1) is 0 Å². The Kier molecular flexibility index (Phi) is 5.26. The normalized spacial score (nSPS) is 16.9. The molecule has 7 heteroatoms. The predicted molar refractivity (Wildman–Crippen MR) is 121 cm³/mol. The fourth-order valence-electron chi connectivity index (χ4n) is 4.55. The van der Waals surface area contributed by atoms with Crippen molar-refractivity contribution in [2.75, 3.05) is 0 Å². The molecule has 2 aliphatic rings. The summed E-state index contributed by atoms with van der Waals surface area (Å²) in [6.45, 7) is 0.555. The second kappa shape index (κ2) is 7.92. The summed E-state index contributed by atoms with van der Waals surface area (Å²) in [7, 11) is 0. The number of aromatic nitrogens is 2. The van der Waals surface area contributed by atoms with E-state index in [0.29, 0.717) is 39.2 Å². The lowest BCUT2D eigenvalue weighted by atomic mass is 9.94. The summed E-state index contributed by atoms with van der Waals surface area (Å²) >= 11 is 18.7. The highest BCUT2D eigenvalue weighted by Gasteiger charge is 2.38. The number of fused-ring (bicyclic) bond motifs is 1. The van der Waals surface area contributed by atoms with E-state index in [2.05, 4.69) is 0 Å². The van der Waals surface area contributed by atoms with Crippen LogP contribution in [0.1, 0.15) is 48.3 Å². The minimum atomic E-state index is 0.0101. The first kappa shape index (κ1) is 19.9. The monoisotopic (exact) mass is 459 g/mol. The third-order valence-corrected chi connectivity index (χ3v) is 6.83. The number of amides is 1. The van der Waals surface area contributed by atoms with Gasteiger partial charge in [0.05, 0.1) is 17.3 Å². The van der Waals surface area contributed by atoms with Crippen LogP contribution in [-0.4, -0.2) is 26.4 Å². The van der Waals surface area contributed by atoms with Gasteiger partial charge in [-0.05, 0) is 55.3 Å². The lowest BCUT2D eigenvalue weighted by molar-refractivity contribution is 0.0653. The molecule has 4 nitrogen and oxygen atoms in total. The molecule has 5 rings (SSSR count). The lowest BCUT2D eigenvalue weighted by Crippen LogP contribution is -2.37. The van der Waals surface area contributed by atoms with Gasteiger partial charge in [-0.1, -0.05) is 54.1 Å². The first-order chi connectivity index (χ1) is 14.5. The standard InChI is InChI=1S/C23H20Cl3N3O/c24-14-6-9-17(10-7-14)29-20-13-28(16-4-2-1-3-5-16)23(30)21(20)27-22(29)18-11-8-15(25)12-19(18)26/h6-12,16H,1-5,13H2. The van der Waals surface area contributed by atoms with Crippen molar-refractivity contribution in [1.29, 1.82) is 0 Å². The van der Waals surface area contributed by atoms with Gasteiger partial charge in [0.2, 0.25) is 0 Å². The second-order valence-corrected chi connectivity index (χ2v) is 9.17. The molecule has 1 amide bonds. The van der Waals surface area contributed by atoms with Crippen molar-refractivity contribution in [1.82, 2.24) is 14.5 Å². The molecule has 0 unspecified atom stereocenters. The minimum absolute atomic E-state index is 0.0101. The van der Waals surface area contributed by atoms with Crippen LogP contribution >= 0.6 is 34.8 Å². The fraction of sp³-hybridized carbons (Fsp3) is 0.304.